The molecule has 1 saturated carbocycles. The van der Waals surface area contributed by atoms with E-state index in [4.69, 9.17) is 14.2 Å². The molecule has 0 unspecified atom stereocenters. The van der Waals surface area contributed by atoms with Crippen LogP contribution in [-0.2, 0) is 21.3 Å². The highest BCUT2D eigenvalue weighted by atomic mass is 32.2. The fourth-order valence-corrected chi connectivity index (χ4v) is 6.08. The second kappa shape index (κ2) is 9.87. The minimum absolute atomic E-state index is 0.0639. The summed E-state index contributed by atoms with van der Waals surface area (Å²) in [4.78, 5) is 18.0. The molecule has 1 amide bonds. The molecule has 0 atom stereocenters. The van der Waals surface area contributed by atoms with Crippen molar-refractivity contribution in [3.05, 3.63) is 46.8 Å². The number of methoxy groups -OCH3 is 3. The van der Waals surface area contributed by atoms with Crippen molar-refractivity contribution in [2.24, 2.45) is 4.99 Å². The summed E-state index contributed by atoms with van der Waals surface area (Å²) >= 11 is 1.35. The molecule has 34 heavy (non-hydrogen) atoms. The Labute approximate surface area is 202 Å². The van der Waals surface area contributed by atoms with Gasteiger partial charge in [0.25, 0.3) is 5.91 Å². The molecule has 0 spiro atoms. The van der Waals surface area contributed by atoms with E-state index >= 15 is 0 Å². The summed E-state index contributed by atoms with van der Waals surface area (Å²) in [6.45, 7) is 0.922. The van der Waals surface area contributed by atoms with Gasteiger partial charge in [-0.15, -0.1) is 0 Å². The Morgan fingerprint density at radius 3 is 2.35 bits per heavy atom. The molecule has 1 aliphatic carbocycles. The first-order valence-corrected chi connectivity index (χ1v) is 13.0. The lowest BCUT2D eigenvalue weighted by molar-refractivity contribution is 0.0997. The van der Waals surface area contributed by atoms with E-state index < -0.39 is 15.9 Å². The maximum atomic E-state index is 13.0. The van der Waals surface area contributed by atoms with Gasteiger partial charge in [-0.1, -0.05) is 11.3 Å². The number of thiazole rings is 1. The van der Waals surface area contributed by atoms with Gasteiger partial charge in [-0.25, -0.2) is 8.42 Å². The number of nitrogens with zero attached hydrogens (tertiary/aromatic N) is 3. The molecular formula is C23H27N3O6S2. The quantitative estimate of drug-likeness (QED) is 0.443. The summed E-state index contributed by atoms with van der Waals surface area (Å²) in [6.07, 6.45) is 1.75. The first-order chi connectivity index (χ1) is 16.3. The van der Waals surface area contributed by atoms with Crippen molar-refractivity contribution in [3.63, 3.8) is 0 Å². The minimum atomic E-state index is -3.57. The third-order valence-electron chi connectivity index (χ3n) is 5.74. The molecule has 0 saturated heterocycles. The Morgan fingerprint density at radius 2 is 1.76 bits per heavy atom. The van der Waals surface area contributed by atoms with Gasteiger partial charge in [0.1, 0.15) is 0 Å². The number of ether oxygens (including phenoxy) is 3. The van der Waals surface area contributed by atoms with Gasteiger partial charge in [0.2, 0.25) is 10.0 Å². The number of amides is 1. The zero-order valence-corrected chi connectivity index (χ0v) is 21.1. The SMILES string of the molecule is COCCn1c(=NC(=O)c2ccc(S(=O)(=O)N(C)C3CC3)cc2)sc2cc(OC)c(OC)cc21. The Kier molecular flexibility index (Phi) is 7.08. The van der Waals surface area contributed by atoms with Gasteiger partial charge in [-0.3, -0.25) is 4.79 Å². The summed E-state index contributed by atoms with van der Waals surface area (Å²) in [5.74, 6) is 0.696. The minimum Gasteiger partial charge on any atom is -0.493 e. The molecule has 0 radical (unpaired) electrons. The van der Waals surface area contributed by atoms with Crippen LogP contribution < -0.4 is 14.3 Å². The van der Waals surface area contributed by atoms with Crippen molar-refractivity contribution in [2.75, 3.05) is 35.0 Å². The molecule has 3 aromatic rings. The van der Waals surface area contributed by atoms with Crippen LogP contribution in [0, 0.1) is 0 Å². The van der Waals surface area contributed by atoms with E-state index in [9.17, 15) is 13.2 Å². The van der Waals surface area contributed by atoms with E-state index in [0.29, 0.717) is 35.0 Å². The van der Waals surface area contributed by atoms with Crippen LogP contribution in [0.5, 0.6) is 11.5 Å². The van der Waals surface area contributed by atoms with Crippen molar-refractivity contribution >= 4 is 37.5 Å². The van der Waals surface area contributed by atoms with E-state index in [2.05, 4.69) is 4.99 Å². The predicted molar refractivity (Wildman–Crippen MR) is 129 cm³/mol. The highest BCUT2D eigenvalue weighted by molar-refractivity contribution is 7.89. The van der Waals surface area contributed by atoms with Gasteiger partial charge in [0.05, 0.1) is 35.9 Å². The first kappa shape index (κ1) is 24.4. The highest BCUT2D eigenvalue weighted by Crippen LogP contribution is 2.33. The van der Waals surface area contributed by atoms with Crippen LogP contribution in [0.15, 0.2) is 46.3 Å². The van der Waals surface area contributed by atoms with Crippen molar-refractivity contribution in [1.29, 1.82) is 0 Å². The summed E-state index contributed by atoms with van der Waals surface area (Å²) in [5, 5.41) is 0. The Balaban J connectivity index is 1.70. The zero-order chi connectivity index (χ0) is 24.5. The summed E-state index contributed by atoms with van der Waals surface area (Å²) in [5.41, 5.74) is 1.15. The van der Waals surface area contributed by atoms with Gasteiger partial charge in [-0.2, -0.15) is 9.30 Å². The van der Waals surface area contributed by atoms with Crippen LogP contribution in [-0.4, -0.2) is 64.2 Å². The molecular weight excluding hydrogens is 478 g/mol. The van der Waals surface area contributed by atoms with Gasteiger partial charge in [0, 0.05) is 44.4 Å². The molecule has 1 aliphatic rings. The lowest BCUT2D eigenvalue weighted by Gasteiger charge is -2.16. The van der Waals surface area contributed by atoms with Crippen LogP contribution in [0.3, 0.4) is 0 Å². The van der Waals surface area contributed by atoms with E-state index in [0.717, 1.165) is 23.1 Å². The number of fused-ring (bicyclic) bond motifs is 1. The van der Waals surface area contributed by atoms with Gasteiger partial charge in [0.15, 0.2) is 16.3 Å². The molecule has 0 bridgehead atoms. The fraction of sp³-hybridized carbons (Fsp3) is 0.391. The number of carbonyl (C=O) groups excluding carboxylic acids is 1. The monoisotopic (exact) mass is 505 g/mol. The number of hydrogen-bond acceptors (Lipinski definition) is 7. The van der Waals surface area contributed by atoms with E-state index in [-0.39, 0.29) is 10.9 Å². The van der Waals surface area contributed by atoms with E-state index in [1.807, 2.05) is 16.7 Å². The van der Waals surface area contributed by atoms with Crippen molar-refractivity contribution in [1.82, 2.24) is 8.87 Å². The smallest absolute Gasteiger partial charge is 0.279 e. The van der Waals surface area contributed by atoms with Gasteiger partial charge >= 0.3 is 0 Å². The number of sulfonamides is 1. The van der Waals surface area contributed by atoms with Crippen LogP contribution in [0.2, 0.25) is 0 Å². The standard InChI is InChI=1S/C23H27N3O6S2/c1-25(16-7-8-16)34(28,29)17-9-5-15(6-10-17)22(27)24-23-26(11-12-30-2)18-13-19(31-3)20(32-4)14-21(18)33-23/h5-6,9-10,13-14,16H,7-8,11-12H2,1-4H3. The summed E-state index contributed by atoms with van der Waals surface area (Å²) in [7, 11) is 2.76. The third kappa shape index (κ3) is 4.74. The second-order valence-corrected chi connectivity index (χ2v) is 10.9. The van der Waals surface area contributed by atoms with Crippen LogP contribution in [0.4, 0.5) is 0 Å². The maximum Gasteiger partial charge on any atom is 0.279 e. The number of benzene rings is 2. The number of carbonyl (C=O) groups is 1. The molecule has 1 aromatic heterocycles. The van der Waals surface area contributed by atoms with Crippen molar-refractivity contribution in [3.8, 4) is 11.5 Å². The Bertz CT molecular complexity index is 1370. The molecule has 1 heterocycles. The van der Waals surface area contributed by atoms with Crippen LogP contribution >= 0.6 is 11.3 Å². The van der Waals surface area contributed by atoms with E-state index in [1.54, 1.807) is 28.4 Å². The van der Waals surface area contributed by atoms with Crippen LogP contribution in [0.1, 0.15) is 23.2 Å². The average molecular weight is 506 g/mol. The molecule has 182 valence electrons. The molecule has 1 fully saturated rings. The third-order valence-corrected chi connectivity index (χ3v) is 8.71. The summed E-state index contributed by atoms with van der Waals surface area (Å²) < 4.78 is 45.7. The molecule has 4 rings (SSSR count). The van der Waals surface area contributed by atoms with Crippen LogP contribution in [0.25, 0.3) is 10.2 Å². The maximum absolute atomic E-state index is 13.0. The van der Waals surface area contributed by atoms with Gasteiger partial charge in [-0.05, 0) is 37.1 Å². The molecule has 2 aromatic carbocycles. The molecule has 11 heteroatoms. The largest absolute Gasteiger partial charge is 0.493 e. The summed E-state index contributed by atoms with van der Waals surface area (Å²) in [6, 6.07) is 9.67. The lowest BCUT2D eigenvalue weighted by atomic mass is 10.2. The topological polar surface area (TPSA) is 99.4 Å². The van der Waals surface area contributed by atoms with Crippen molar-refractivity contribution < 1.29 is 27.4 Å². The average Bonchev–Trinajstić information content (AvgIpc) is 3.64. The molecule has 0 N–H and O–H groups in total. The van der Waals surface area contributed by atoms with Gasteiger partial charge < -0.3 is 18.8 Å². The Morgan fingerprint density at radius 1 is 1.12 bits per heavy atom. The lowest BCUT2D eigenvalue weighted by Crippen LogP contribution is -2.28. The number of aromatic nitrogens is 1. The second-order valence-electron chi connectivity index (χ2n) is 7.90. The molecule has 9 nitrogen and oxygen atoms in total. The zero-order valence-electron chi connectivity index (χ0n) is 19.5. The first-order valence-electron chi connectivity index (χ1n) is 10.7. The van der Waals surface area contributed by atoms with Crippen molar-refractivity contribution in [2.45, 2.75) is 30.3 Å². The Hall–Kier alpha value is -2.73. The number of rotatable bonds is 9. The van der Waals surface area contributed by atoms with E-state index in [1.165, 1.54) is 39.9 Å². The highest BCUT2D eigenvalue weighted by Gasteiger charge is 2.35. The number of hydrogen-bond donors (Lipinski definition) is 0. The molecule has 0 aliphatic heterocycles. The predicted octanol–water partition coefficient (Wildman–Crippen LogP) is 2.89. The fourth-order valence-electron chi connectivity index (χ4n) is 3.60. The normalized spacial score (nSPS) is 14.7.